The van der Waals surface area contributed by atoms with E-state index in [1.165, 1.54) is 6.26 Å². The number of ether oxygens (including phenoxy) is 1. The lowest BCUT2D eigenvalue weighted by atomic mass is 10.2. The van der Waals surface area contributed by atoms with Crippen molar-refractivity contribution in [1.82, 2.24) is 14.4 Å². The number of piperazine rings is 1. The lowest BCUT2D eigenvalue weighted by Gasteiger charge is -2.34. The summed E-state index contributed by atoms with van der Waals surface area (Å²) in [6.45, 7) is 4.01. The molecule has 3 aromatic rings. The number of amides is 3. The van der Waals surface area contributed by atoms with E-state index in [9.17, 15) is 14.4 Å². The number of rotatable bonds is 7. The molecule has 3 amide bonds. The van der Waals surface area contributed by atoms with Crippen LogP contribution in [0.3, 0.4) is 0 Å². The van der Waals surface area contributed by atoms with Crippen molar-refractivity contribution in [3.63, 3.8) is 0 Å². The summed E-state index contributed by atoms with van der Waals surface area (Å²) in [4.78, 5) is 41.5. The second kappa shape index (κ2) is 10.1. The summed E-state index contributed by atoms with van der Waals surface area (Å²) in [5, 5.41) is 2.85. The lowest BCUT2D eigenvalue weighted by molar-refractivity contribution is -0.116. The molecular weight excluding hydrogens is 424 g/mol. The van der Waals surface area contributed by atoms with Gasteiger partial charge in [0.05, 0.1) is 18.6 Å². The molecule has 0 aliphatic carbocycles. The van der Waals surface area contributed by atoms with Gasteiger partial charge in [-0.3, -0.25) is 14.4 Å². The van der Waals surface area contributed by atoms with E-state index in [4.69, 9.17) is 9.15 Å². The molecule has 1 fully saturated rings. The molecule has 1 aliphatic heterocycles. The standard InChI is InChI=1S/C24H26N4O5/c1-2-32-20-9-4-3-7-18(20)25-22(29)17-28-11-5-8-19(28)23(30)26-12-14-27(15-13-26)24(31)21-10-6-16-33-21/h3-11,16H,2,12-15,17H2,1H3,(H,25,29). The molecule has 33 heavy (non-hydrogen) atoms. The average molecular weight is 450 g/mol. The van der Waals surface area contributed by atoms with E-state index in [2.05, 4.69) is 5.32 Å². The van der Waals surface area contributed by atoms with Crippen molar-refractivity contribution in [3.05, 3.63) is 72.4 Å². The third-order valence-corrected chi connectivity index (χ3v) is 5.41. The Kier molecular flexibility index (Phi) is 6.77. The van der Waals surface area contributed by atoms with E-state index in [0.717, 1.165) is 0 Å². The van der Waals surface area contributed by atoms with Gasteiger partial charge < -0.3 is 28.8 Å². The molecule has 9 nitrogen and oxygen atoms in total. The molecule has 1 aliphatic rings. The summed E-state index contributed by atoms with van der Waals surface area (Å²) in [5.41, 5.74) is 1.01. The Bertz CT molecular complexity index is 1110. The van der Waals surface area contributed by atoms with Crippen LogP contribution in [0.1, 0.15) is 28.0 Å². The second-order valence-electron chi connectivity index (χ2n) is 7.56. The maximum Gasteiger partial charge on any atom is 0.289 e. The van der Waals surface area contributed by atoms with E-state index in [-0.39, 0.29) is 24.3 Å². The van der Waals surface area contributed by atoms with Crippen LogP contribution in [0, 0.1) is 0 Å². The molecule has 1 saturated heterocycles. The van der Waals surface area contributed by atoms with Crippen molar-refractivity contribution in [1.29, 1.82) is 0 Å². The van der Waals surface area contributed by atoms with Gasteiger partial charge in [-0.05, 0) is 43.3 Å². The average Bonchev–Trinajstić information content (AvgIpc) is 3.52. The third kappa shape index (κ3) is 5.08. The third-order valence-electron chi connectivity index (χ3n) is 5.41. The largest absolute Gasteiger partial charge is 0.492 e. The first-order valence-electron chi connectivity index (χ1n) is 10.9. The quantitative estimate of drug-likeness (QED) is 0.597. The molecule has 4 rings (SSSR count). The van der Waals surface area contributed by atoms with Gasteiger partial charge in [0.1, 0.15) is 18.0 Å². The number of hydrogen-bond acceptors (Lipinski definition) is 5. The van der Waals surface area contributed by atoms with Crippen LogP contribution >= 0.6 is 0 Å². The van der Waals surface area contributed by atoms with E-state index in [0.29, 0.717) is 55.7 Å². The van der Waals surface area contributed by atoms with Gasteiger partial charge in [0.2, 0.25) is 5.91 Å². The molecule has 2 aromatic heterocycles. The normalized spacial score (nSPS) is 13.6. The number of para-hydroxylation sites is 2. The number of nitrogens with zero attached hydrogens (tertiary/aromatic N) is 3. The lowest BCUT2D eigenvalue weighted by Crippen LogP contribution is -2.50. The Hall–Kier alpha value is -4.01. The zero-order valence-corrected chi connectivity index (χ0v) is 18.4. The van der Waals surface area contributed by atoms with Gasteiger partial charge in [-0.1, -0.05) is 12.1 Å². The van der Waals surface area contributed by atoms with Crippen molar-refractivity contribution in [3.8, 4) is 5.75 Å². The highest BCUT2D eigenvalue weighted by Gasteiger charge is 2.28. The monoisotopic (exact) mass is 450 g/mol. The van der Waals surface area contributed by atoms with Gasteiger partial charge in [0.15, 0.2) is 5.76 Å². The molecule has 172 valence electrons. The molecule has 3 heterocycles. The Morgan fingerprint density at radius 3 is 2.36 bits per heavy atom. The van der Waals surface area contributed by atoms with Gasteiger partial charge in [0.25, 0.3) is 11.8 Å². The maximum atomic E-state index is 13.1. The SMILES string of the molecule is CCOc1ccccc1NC(=O)Cn1cccc1C(=O)N1CCN(C(=O)c2ccco2)CC1. The Balaban J connectivity index is 1.36. The minimum atomic E-state index is -0.263. The molecule has 9 heteroatoms. The number of anilines is 1. The summed E-state index contributed by atoms with van der Waals surface area (Å²) in [5.74, 6) is 0.271. The molecule has 0 bridgehead atoms. The molecule has 0 radical (unpaired) electrons. The van der Waals surface area contributed by atoms with Crippen molar-refractivity contribution in [2.75, 3.05) is 38.1 Å². The highest BCUT2D eigenvalue weighted by atomic mass is 16.5. The van der Waals surface area contributed by atoms with Gasteiger partial charge in [-0.2, -0.15) is 0 Å². The van der Waals surface area contributed by atoms with Crippen LogP contribution in [0.25, 0.3) is 0 Å². The number of nitrogens with one attached hydrogen (secondary N) is 1. The minimum Gasteiger partial charge on any atom is -0.492 e. The predicted molar refractivity (Wildman–Crippen MR) is 121 cm³/mol. The summed E-state index contributed by atoms with van der Waals surface area (Å²) in [6.07, 6.45) is 3.17. The van der Waals surface area contributed by atoms with Crippen LogP contribution in [-0.2, 0) is 11.3 Å². The Morgan fingerprint density at radius 1 is 0.939 bits per heavy atom. The molecule has 0 spiro atoms. The first-order valence-corrected chi connectivity index (χ1v) is 10.9. The molecule has 1 N–H and O–H groups in total. The molecule has 0 atom stereocenters. The van der Waals surface area contributed by atoms with E-state index >= 15 is 0 Å². The maximum absolute atomic E-state index is 13.1. The Labute approximate surface area is 191 Å². The number of furan rings is 1. The summed E-state index contributed by atoms with van der Waals surface area (Å²) in [7, 11) is 0. The minimum absolute atomic E-state index is 0.00846. The van der Waals surface area contributed by atoms with Crippen LogP contribution in [0.15, 0.2) is 65.4 Å². The predicted octanol–water partition coefficient (Wildman–Crippen LogP) is 2.72. The molecular formula is C24H26N4O5. The molecule has 0 saturated carbocycles. The second-order valence-corrected chi connectivity index (χ2v) is 7.56. The zero-order valence-electron chi connectivity index (χ0n) is 18.4. The van der Waals surface area contributed by atoms with Crippen molar-refractivity contribution < 1.29 is 23.5 Å². The zero-order chi connectivity index (χ0) is 23.2. The van der Waals surface area contributed by atoms with Crippen LogP contribution < -0.4 is 10.1 Å². The molecule has 1 aromatic carbocycles. The van der Waals surface area contributed by atoms with E-state index in [1.807, 2.05) is 19.1 Å². The topological polar surface area (TPSA) is 97.0 Å². The van der Waals surface area contributed by atoms with Crippen LogP contribution in [-0.4, -0.2) is 64.9 Å². The first kappa shape index (κ1) is 22.2. The van der Waals surface area contributed by atoms with Gasteiger partial charge >= 0.3 is 0 Å². The fourth-order valence-corrected chi connectivity index (χ4v) is 3.77. The van der Waals surface area contributed by atoms with Crippen LogP contribution in [0.4, 0.5) is 5.69 Å². The number of carbonyl (C=O) groups is 3. The van der Waals surface area contributed by atoms with Crippen molar-refractivity contribution in [2.45, 2.75) is 13.5 Å². The van der Waals surface area contributed by atoms with Crippen molar-refractivity contribution >= 4 is 23.4 Å². The fraction of sp³-hybridized carbons (Fsp3) is 0.292. The first-order chi connectivity index (χ1) is 16.1. The van der Waals surface area contributed by atoms with E-state index < -0.39 is 0 Å². The van der Waals surface area contributed by atoms with Gasteiger partial charge in [-0.25, -0.2) is 0 Å². The van der Waals surface area contributed by atoms with Gasteiger partial charge in [-0.15, -0.1) is 0 Å². The number of carbonyl (C=O) groups excluding carboxylic acids is 3. The fourth-order valence-electron chi connectivity index (χ4n) is 3.77. The molecule has 0 unspecified atom stereocenters. The van der Waals surface area contributed by atoms with Crippen LogP contribution in [0.5, 0.6) is 5.75 Å². The van der Waals surface area contributed by atoms with Crippen molar-refractivity contribution in [2.24, 2.45) is 0 Å². The van der Waals surface area contributed by atoms with E-state index in [1.54, 1.807) is 57.0 Å². The Morgan fingerprint density at radius 2 is 1.67 bits per heavy atom. The summed E-state index contributed by atoms with van der Waals surface area (Å²) < 4.78 is 12.4. The number of benzene rings is 1. The van der Waals surface area contributed by atoms with Crippen LogP contribution in [0.2, 0.25) is 0 Å². The van der Waals surface area contributed by atoms with Gasteiger partial charge in [0, 0.05) is 32.4 Å². The number of hydrogen-bond donors (Lipinski definition) is 1. The highest BCUT2D eigenvalue weighted by Crippen LogP contribution is 2.23. The summed E-state index contributed by atoms with van der Waals surface area (Å²) >= 11 is 0. The highest BCUT2D eigenvalue weighted by molar-refractivity contribution is 5.96. The summed E-state index contributed by atoms with van der Waals surface area (Å²) in [6, 6.07) is 14.0. The smallest absolute Gasteiger partial charge is 0.289 e. The number of aromatic nitrogens is 1.